The van der Waals surface area contributed by atoms with E-state index in [0.717, 1.165) is 11.6 Å². The number of aryl methyl sites for hydroxylation is 1. The van der Waals surface area contributed by atoms with E-state index < -0.39 is 0 Å². The number of nitrogens with zero attached hydrogens (tertiary/aromatic N) is 4. The third-order valence-corrected chi connectivity index (χ3v) is 4.73. The Morgan fingerprint density at radius 3 is 2.96 bits per heavy atom. The predicted octanol–water partition coefficient (Wildman–Crippen LogP) is 1.75. The van der Waals surface area contributed by atoms with Gasteiger partial charge in [0.25, 0.3) is 0 Å². The lowest BCUT2D eigenvalue weighted by Crippen LogP contribution is -2.40. The fraction of sp³-hybridized carbons (Fsp3) is 0.500. The maximum Gasteiger partial charge on any atom is 0.350 e. The van der Waals surface area contributed by atoms with Gasteiger partial charge in [0.2, 0.25) is 0 Å². The molecule has 1 unspecified atom stereocenters. The molecule has 0 bridgehead atoms. The smallest absolute Gasteiger partial charge is 0.350 e. The van der Waals surface area contributed by atoms with Crippen molar-refractivity contribution >= 4 is 23.3 Å². The SMILES string of the molecule is CCOC(=O)c1sc(C(C)NC(=NC)NCCn2cccn2)nc1C. The molecule has 136 valence electrons. The summed E-state index contributed by atoms with van der Waals surface area (Å²) in [6.07, 6.45) is 3.66. The molecule has 2 N–H and O–H groups in total. The minimum atomic E-state index is -0.322. The van der Waals surface area contributed by atoms with Crippen LogP contribution in [0.5, 0.6) is 0 Å². The molecule has 2 aromatic heterocycles. The van der Waals surface area contributed by atoms with Crippen molar-refractivity contribution in [3.63, 3.8) is 0 Å². The predicted molar refractivity (Wildman–Crippen MR) is 97.9 cm³/mol. The van der Waals surface area contributed by atoms with Crippen LogP contribution in [0.3, 0.4) is 0 Å². The van der Waals surface area contributed by atoms with Gasteiger partial charge in [0.1, 0.15) is 9.88 Å². The number of thiazole rings is 1. The summed E-state index contributed by atoms with van der Waals surface area (Å²) in [5, 5.41) is 11.5. The van der Waals surface area contributed by atoms with Crippen molar-refractivity contribution in [1.29, 1.82) is 0 Å². The largest absolute Gasteiger partial charge is 0.462 e. The standard InChI is InChI=1S/C16H24N6O2S/c1-5-24-15(23)13-11(2)20-14(25-13)12(3)21-16(17-4)18-8-10-22-9-6-7-19-22/h6-7,9,12H,5,8,10H2,1-4H3,(H2,17,18,21). The van der Waals surface area contributed by atoms with Gasteiger partial charge in [-0.3, -0.25) is 9.67 Å². The summed E-state index contributed by atoms with van der Waals surface area (Å²) in [5.41, 5.74) is 0.689. The molecule has 2 rings (SSSR count). The fourth-order valence-corrected chi connectivity index (χ4v) is 3.13. The Morgan fingerprint density at radius 1 is 1.52 bits per heavy atom. The Hall–Kier alpha value is -2.42. The van der Waals surface area contributed by atoms with Crippen LogP contribution < -0.4 is 10.6 Å². The first-order chi connectivity index (χ1) is 12.0. The molecule has 0 aromatic carbocycles. The van der Waals surface area contributed by atoms with Gasteiger partial charge in [-0.2, -0.15) is 5.10 Å². The highest BCUT2D eigenvalue weighted by molar-refractivity contribution is 7.13. The monoisotopic (exact) mass is 364 g/mol. The van der Waals surface area contributed by atoms with E-state index >= 15 is 0 Å². The van der Waals surface area contributed by atoms with Crippen molar-refractivity contribution in [1.82, 2.24) is 25.4 Å². The lowest BCUT2D eigenvalue weighted by molar-refractivity contribution is 0.0531. The third-order valence-electron chi connectivity index (χ3n) is 3.41. The number of guanidine groups is 1. The van der Waals surface area contributed by atoms with E-state index in [1.165, 1.54) is 11.3 Å². The van der Waals surface area contributed by atoms with Gasteiger partial charge < -0.3 is 15.4 Å². The molecule has 2 aromatic rings. The van der Waals surface area contributed by atoms with E-state index in [1.54, 1.807) is 20.2 Å². The Bertz CT molecular complexity index is 710. The van der Waals surface area contributed by atoms with Gasteiger partial charge >= 0.3 is 5.97 Å². The van der Waals surface area contributed by atoms with E-state index in [4.69, 9.17) is 4.74 Å². The molecule has 0 aliphatic heterocycles. The summed E-state index contributed by atoms with van der Waals surface area (Å²) >= 11 is 1.34. The van der Waals surface area contributed by atoms with Crippen LogP contribution >= 0.6 is 11.3 Å². The zero-order chi connectivity index (χ0) is 18.2. The van der Waals surface area contributed by atoms with Crippen molar-refractivity contribution < 1.29 is 9.53 Å². The zero-order valence-corrected chi connectivity index (χ0v) is 15.8. The molecule has 25 heavy (non-hydrogen) atoms. The van der Waals surface area contributed by atoms with Gasteiger partial charge in [-0.05, 0) is 26.8 Å². The molecular formula is C16H24N6O2S. The van der Waals surface area contributed by atoms with Crippen molar-refractivity contribution in [2.24, 2.45) is 4.99 Å². The van der Waals surface area contributed by atoms with E-state index in [1.807, 2.05) is 30.8 Å². The molecule has 0 spiro atoms. The minimum absolute atomic E-state index is 0.0808. The number of hydrogen-bond acceptors (Lipinski definition) is 6. The van der Waals surface area contributed by atoms with Crippen LogP contribution in [0, 0.1) is 6.92 Å². The molecule has 0 fully saturated rings. The van der Waals surface area contributed by atoms with Gasteiger partial charge in [0, 0.05) is 26.0 Å². The highest BCUT2D eigenvalue weighted by atomic mass is 32.1. The van der Waals surface area contributed by atoms with Gasteiger partial charge in [0.15, 0.2) is 5.96 Å². The number of hydrogen-bond donors (Lipinski definition) is 2. The fourth-order valence-electron chi connectivity index (χ4n) is 2.17. The number of aromatic nitrogens is 3. The average Bonchev–Trinajstić information content (AvgIpc) is 3.23. The number of esters is 1. The van der Waals surface area contributed by atoms with Crippen molar-refractivity contribution in [2.75, 3.05) is 20.2 Å². The lowest BCUT2D eigenvalue weighted by Gasteiger charge is -2.16. The maximum absolute atomic E-state index is 11.9. The summed E-state index contributed by atoms with van der Waals surface area (Å²) in [6.45, 7) is 7.37. The summed E-state index contributed by atoms with van der Waals surface area (Å²) < 4.78 is 6.91. The number of aliphatic imine (C=N–C) groups is 1. The minimum Gasteiger partial charge on any atom is -0.462 e. The summed E-state index contributed by atoms with van der Waals surface area (Å²) in [7, 11) is 1.72. The molecule has 2 heterocycles. The molecular weight excluding hydrogens is 340 g/mol. The highest BCUT2D eigenvalue weighted by Gasteiger charge is 2.20. The van der Waals surface area contributed by atoms with E-state index in [-0.39, 0.29) is 12.0 Å². The molecule has 0 amide bonds. The van der Waals surface area contributed by atoms with Gasteiger partial charge in [-0.15, -0.1) is 11.3 Å². The molecule has 1 atom stereocenters. The van der Waals surface area contributed by atoms with Crippen LogP contribution in [0.4, 0.5) is 0 Å². The van der Waals surface area contributed by atoms with Crippen molar-refractivity contribution in [2.45, 2.75) is 33.4 Å². The van der Waals surface area contributed by atoms with Gasteiger partial charge in [-0.1, -0.05) is 0 Å². The second kappa shape index (κ2) is 9.16. The zero-order valence-electron chi connectivity index (χ0n) is 14.9. The van der Waals surface area contributed by atoms with Gasteiger partial charge in [0.05, 0.1) is 24.9 Å². The first-order valence-corrected chi connectivity index (χ1v) is 8.95. The highest BCUT2D eigenvalue weighted by Crippen LogP contribution is 2.24. The summed E-state index contributed by atoms with van der Waals surface area (Å²) in [5.74, 6) is 0.350. The van der Waals surface area contributed by atoms with Crippen LogP contribution in [-0.4, -0.2) is 46.9 Å². The van der Waals surface area contributed by atoms with E-state index in [2.05, 4.69) is 25.7 Å². The van der Waals surface area contributed by atoms with Crippen LogP contribution in [0.25, 0.3) is 0 Å². The van der Waals surface area contributed by atoms with Crippen molar-refractivity contribution in [3.05, 3.63) is 34.0 Å². The molecule has 0 aliphatic carbocycles. The van der Waals surface area contributed by atoms with Crippen LogP contribution in [0.15, 0.2) is 23.5 Å². The maximum atomic E-state index is 11.9. The second-order valence-corrected chi connectivity index (χ2v) is 6.35. The summed E-state index contributed by atoms with van der Waals surface area (Å²) in [6, 6.07) is 1.81. The molecule has 0 aliphatic rings. The Labute approximate surface area is 151 Å². The van der Waals surface area contributed by atoms with E-state index in [9.17, 15) is 4.79 Å². The Balaban J connectivity index is 1.91. The molecule has 0 saturated carbocycles. The Kier molecular flexibility index (Phi) is 6.93. The van der Waals surface area contributed by atoms with E-state index in [0.29, 0.717) is 29.7 Å². The number of nitrogens with one attached hydrogen (secondary N) is 2. The molecule has 0 saturated heterocycles. The summed E-state index contributed by atoms with van der Waals surface area (Å²) in [4.78, 5) is 21.2. The lowest BCUT2D eigenvalue weighted by atomic mass is 10.3. The number of carbonyl (C=O) groups is 1. The Morgan fingerprint density at radius 2 is 2.32 bits per heavy atom. The second-order valence-electron chi connectivity index (χ2n) is 5.32. The molecule has 9 heteroatoms. The number of rotatable bonds is 7. The first-order valence-electron chi connectivity index (χ1n) is 8.14. The number of carbonyl (C=O) groups excluding carboxylic acids is 1. The van der Waals surface area contributed by atoms with Crippen LogP contribution in [0.1, 0.15) is 40.3 Å². The third kappa shape index (κ3) is 5.28. The van der Waals surface area contributed by atoms with Gasteiger partial charge in [-0.25, -0.2) is 9.78 Å². The topological polar surface area (TPSA) is 93.4 Å². The molecule has 8 nitrogen and oxygen atoms in total. The normalized spacial score (nSPS) is 12.7. The van der Waals surface area contributed by atoms with Crippen molar-refractivity contribution in [3.8, 4) is 0 Å². The average molecular weight is 364 g/mol. The van der Waals surface area contributed by atoms with Crippen LogP contribution in [-0.2, 0) is 11.3 Å². The molecule has 0 radical (unpaired) electrons. The quantitative estimate of drug-likeness (QED) is 0.442. The van der Waals surface area contributed by atoms with Crippen LogP contribution in [0.2, 0.25) is 0 Å². The number of ether oxygens (including phenoxy) is 1. The first kappa shape index (κ1) is 18.9.